The fraction of sp³-hybridized carbons (Fsp3) is 0.364. The van der Waals surface area contributed by atoms with Crippen LogP contribution in [0.25, 0.3) is 0 Å². The van der Waals surface area contributed by atoms with Crippen molar-refractivity contribution in [2.45, 2.75) is 32.6 Å². The van der Waals surface area contributed by atoms with Crippen molar-refractivity contribution < 1.29 is 58.8 Å². The number of nitrogens with one attached hydrogen (secondary N) is 2. The molecular weight excluding hydrogens is 455 g/mol. The molecule has 0 aromatic carbocycles. The molecule has 2 rings (SSSR count). The number of carbonyl (C=O) groups excluding carboxylic acids is 3. The Morgan fingerprint density at radius 1 is 0.886 bits per heavy atom. The number of nitrogens with zero attached hydrogens (tertiary/aromatic N) is 2. The summed E-state index contributed by atoms with van der Waals surface area (Å²) in [5.41, 5.74) is 0.997. The Labute approximate surface area is 215 Å². The van der Waals surface area contributed by atoms with Crippen molar-refractivity contribution in [2.24, 2.45) is 0 Å². The number of aromatic nitrogens is 2. The van der Waals surface area contributed by atoms with Crippen molar-refractivity contribution in [1.82, 2.24) is 20.6 Å². The van der Waals surface area contributed by atoms with Gasteiger partial charge in [-0.2, -0.15) is 0 Å². The van der Waals surface area contributed by atoms with Gasteiger partial charge in [-0.15, -0.1) is 0 Å². The summed E-state index contributed by atoms with van der Waals surface area (Å²) >= 11 is 0. The van der Waals surface area contributed by atoms with E-state index in [9.17, 15) is 19.2 Å². The van der Waals surface area contributed by atoms with Gasteiger partial charge < -0.3 is 31.4 Å². The van der Waals surface area contributed by atoms with Crippen molar-refractivity contribution >= 4 is 23.8 Å². The predicted molar refractivity (Wildman–Crippen MR) is 121 cm³/mol. The third-order valence-electron chi connectivity index (χ3n) is 3.85. The van der Waals surface area contributed by atoms with Gasteiger partial charge >= 0.3 is 30.8 Å². The van der Waals surface area contributed by atoms with Crippen molar-refractivity contribution in [3.05, 3.63) is 60.2 Å². The Balaban J connectivity index is -0.000000542. The van der Waals surface area contributed by atoms with Crippen LogP contribution in [0.4, 0.5) is 0 Å². The van der Waals surface area contributed by atoms with Crippen LogP contribution in [0.1, 0.15) is 53.3 Å². The zero-order valence-corrected chi connectivity index (χ0v) is 19.9. The van der Waals surface area contributed by atoms with Crippen molar-refractivity contribution in [3.8, 4) is 0 Å². The molecule has 35 heavy (non-hydrogen) atoms. The topological polar surface area (TPSA) is 209 Å². The number of esters is 1. The molecule has 2 aromatic heterocycles. The number of carbonyl (C=O) groups is 4. The summed E-state index contributed by atoms with van der Waals surface area (Å²) in [5.74, 6) is -1.50. The van der Waals surface area contributed by atoms with Gasteiger partial charge in [0.25, 0.3) is 11.8 Å². The van der Waals surface area contributed by atoms with Gasteiger partial charge in [0.15, 0.2) is 0 Å². The monoisotopic (exact) mass is 486 g/mol. The third kappa shape index (κ3) is 17.8. The minimum Gasteiger partial charge on any atom is -0.870 e. The molecule has 2 amide bonds. The first-order valence-corrected chi connectivity index (χ1v) is 10.2. The molecule has 13 heteroatoms. The summed E-state index contributed by atoms with van der Waals surface area (Å²) < 4.78 is 4.77. The van der Waals surface area contributed by atoms with E-state index < -0.39 is 5.97 Å². The van der Waals surface area contributed by atoms with Crippen LogP contribution in [0, 0.1) is 0 Å². The molecule has 6 N–H and O–H groups in total. The SMILES string of the molecule is CCOC(=O)CCCNC(=O)c1cccnc1.O.O=C(O)CCCNC(=O)c1cccnc1.[Li+].[OH-]. The molecule has 0 saturated heterocycles. The molecular formula is C22H31LiN4O8. The minimum atomic E-state index is -0.856. The largest absolute Gasteiger partial charge is 1.00 e. The third-order valence-corrected chi connectivity index (χ3v) is 3.85. The minimum absolute atomic E-state index is 0. The molecule has 0 fully saturated rings. The molecule has 2 aromatic rings. The maximum atomic E-state index is 11.5. The van der Waals surface area contributed by atoms with Gasteiger partial charge in [-0.05, 0) is 44.0 Å². The molecule has 0 atom stereocenters. The van der Waals surface area contributed by atoms with Crippen LogP contribution in [0.2, 0.25) is 0 Å². The summed E-state index contributed by atoms with van der Waals surface area (Å²) in [6.07, 6.45) is 7.55. The molecule has 188 valence electrons. The molecule has 0 unspecified atom stereocenters. The zero-order valence-electron chi connectivity index (χ0n) is 19.9. The molecule has 0 spiro atoms. The van der Waals surface area contributed by atoms with Gasteiger partial charge in [-0.3, -0.25) is 29.1 Å². The van der Waals surface area contributed by atoms with Gasteiger partial charge in [-0.1, -0.05) is 0 Å². The summed E-state index contributed by atoms with van der Waals surface area (Å²) in [7, 11) is 0. The molecule has 0 saturated carbocycles. The van der Waals surface area contributed by atoms with Crippen molar-refractivity contribution in [1.29, 1.82) is 0 Å². The van der Waals surface area contributed by atoms with Crippen LogP contribution in [0.5, 0.6) is 0 Å². The molecule has 2 heterocycles. The summed E-state index contributed by atoms with van der Waals surface area (Å²) in [6.45, 7) is 2.97. The fourth-order valence-corrected chi connectivity index (χ4v) is 2.31. The maximum Gasteiger partial charge on any atom is 1.00 e. The predicted octanol–water partition coefficient (Wildman–Crippen LogP) is -2.17. The number of carboxylic acids is 1. The number of rotatable bonds is 11. The van der Waals surface area contributed by atoms with Crippen LogP contribution >= 0.6 is 0 Å². The van der Waals surface area contributed by atoms with Gasteiger partial charge in [0.1, 0.15) is 0 Å². The Bertz CT molecular complexity index is 857. The summed E-state index contributed by atoms with van der Waals surface area (Å²) in [6, 6.07) is 6.72. The first-order chi connectivity index (χ1) is 15.4. The van der Waals surface area contributed by atoms with E-state index in [-0.39, 0.29) is 54.0 Å². The normalized spacial score (nSPS) is 8.83. The molecule has 0 aliphatic heterocycles. The maximum absolute atomic E-state index is 11.5. The zero-order chi connectivity index (χ0) is 23.6. The second-order valence-corrected chi connectivity index (χ2v) is 6.40. The van der Waals surface area contributed by atoms with Crippen LogP contribution in [-0.4, -0.2) is 69.5 Å². The Hall–Kier alpha value is -3.30. The van der Waals surface area contributed by atoms with E-state index in [2.05, 4.69) is 20.6 Å². The van der Waals surface area contributed by atoms with Gasteiger partial charge in [0.05, 0.1) is 17.7 Å². The van der Waals surface area contributed by atoms with E-state index in [4.69, 9.17) is 9.84 Å². The Morgan fingerprint density at radius 3 is 1.71 bits per heavy atom. The van der Waals surface area contributed by atoms with Crippen LogP contribution in [-0.2, 0) is 14.3 Å². The van der Waals surface area contributed by atoms with E-state index >= 15 is 0 Å². The first kappa shape index (κ1) is 36.3. The van der Waals surface area contributed by atoms with Gasteiger partial charge in [0, 0.05) is 50.7 Å². The van der Waals surface area contributed by atoms with Crippen molar-refractivity contribution in [2.75, 3.05) is 19.7 Å². The molecule has 0 aliphatic carbocycles. The summed E-state index contributed by atoms with van der Waals surface area (Å²) in [4.78, 5) is 51.8. The Morgan fingerprint density at radius 2 is 1.34 bits per heavy atom. The quantitative estimate of drug-likeness (QED) is 0.179. The number of hydrogen-bond acceptors (Lipinski definition) is 8. The smallest absolute Gasteiger partial charge is 0.870 e. The standard InChI is InChI=1S/C12H16N2O3.C10H12N2O3.Li.2H2O/c1-2-17-11(15)6-4-8-14-12(16)10-5-3-7-13-9-10;13-9(14)4-2-6-12-10(15)8-3-1-5-11-7-8;;;/h3,5,7,9H,2,4,6,8H2,1H3,(H,14,16);1,3,5,7H,2,4,6H2,(H,12,15)(H,13,14);;2*1H2/q;;+1;;/p-1. The van der Waals surface area contributed by atoms with Crippen LogP contribution < -0.4 is 29.5 Å². The number of amides is 2. The average Bonchev–Trinajstić information content (AvgIpc) is 2.81. The second kappa shape index (κ2) is 22.5. The van der Waals surface area contributed by atoms with E-state index in [1.165, 1.54) is 12.4 Å². The van der Waals surface area contributed by atoms with Gasteiger partial charge in [-0.25, -0.2) is 0 Å². The summed E-state index contributed by atoms with van der Waals surface area (Å²) in [5, 5.41) is 13.7. The van der Waals surface area contributed by atoms with E-state index in [1.54, 1.807) is 43.6 Å². The first-order valence-electron chi connectivity index (χ1n) is 10.2. The number of aliphatic carboxylic acids is 1. The van der Waals surface area contributed by atoms with E-state index in [1.807, 2.05) is 0 Å². The number of ether oxygens (including phenoxy) is 1. The molecule has 12 nitrogen and oxygen atoms in total. The average molecular weight is 486 g/mol. The molecule has 0 bridgehead atoms. The fourth-order valence-electron chi connectivity index (χ4n) is 2.31. The number of pyridine rings is 2. The van der Waals surface area contributed by atoms with Crippen molar-refractivity contribution in [3.63, 3.8) is 0 Å². The van der Waals surface area contributed by atoms with E-state index in [0.717, 1.165) is 0 Å². The van der Waals surface area contributed by atoms with Crippen LogP contribution in [0.15, 0.2) is 49.1 Å². The molecule has 0 radical (unpaired) electrons. The van der Waals surface area contributed by atoms with Crippen LogP contribution in [0.3, 0.4) is 0 Å². The number of carboxylic acid groups (broad SMARTS) is 1. The number of hydrogen-bond donors (Lipinski definition) is 3. The molecule has 0 aliphatic rings. The second-order valence-electron chi connectivity index (χ2n) is 6.40. The van der Waals surface area contributed by atoms with Gasteiger partial charge in [0.2, 0.25) is 0 Å². The van der Waals surface area contributed by atoms with E-state index in [0.29, 0.717) is 50.1 Å². The Kier molecular flexibility index (Phi) is 23.3.